The molecule has 1 aromatic rings. The van der Waals surface area contributed by atoms with Gasteiger partial charge < -0.3 is 9.26 Å². The molecule has 0 spiro atoms. The Morgan fingerprint density at radius 3 is 2.81 bits per heavy atom. The Morgan fingerprint density at radius 1 is 1.48 bits per heavy atom. The van der Waals surface area contributed by atoms with E-state index in [0.717, 1.165) is 38.0 Å². The number of hydrogen-bond donors (Lipinski definition) is 0. The minimum atomic E-state index is -0.377. The molecule has 0 bridgehead atoms. The van der Waals surface area contributed by atoms with Crippen molar-refractivity contribution in [3.63, 3.8) is 0 Å². The van der Waals surface area contributed by atoms with Gasteiger partial charge in [0, 0.05) is 18.9 Å². The maximum absolute atomic E-state index is 8.67. The summed E-state index contributed by atoms with van der Waals surface area (Å²) in [5, 5.41) is 12.9. The molecule has 1 aliphatic carbocycles. The van der Waals surface area contributed by atoms with Crippen LogP contribution in [0.15, 0.2) is 4.52 Å². The van der Waals surface area contributed by atoms with Crippen LogP contribution in [0.5, 0.6) is 0 Å². The minimum absolute atomic E-state index is 0.118. The maximum Gasteiger partial charge on any atom is 0.229 e. The van der Waals surface area contributed by atoms with Crippen molar-refractivity contribution in [2.24, 2.45) is 5.92 Å². The summed E-state index contributed by atoms with van der Waals surface area (Å²) in [4.78, 5) is 4.59. The molecule has 1 fully saturated rings. The fourth-order valence-electron chi connectivity index (χ4n) is 2.96. The number of hydrogen-bond acceptors (Lipinski definition) is 5. The zero-order valence-corrected chi connectivity index (χ0v) is 13.3. The molecule has 21 heavy (non-hydrogen) atoms. The molecule has 0 saturated heterocycles. The van der Waals surface area contributed by atoms with E-state index in [9.17, 15) is 0 Å². The van der Waals surface area contributed by atoms with Crippen LogP contribution in [0.2, 0.25) is 0 Å². The summed E-state index contributed by atoms with van der Waals surface area (Å²) in [7, 11) is 0. The van der Waals surface area contributed by atoms with E-state index in [0.29, 0.717) is 24.7 Å². The number of nitriles is 1. The molecule has 1 saturated carbocycles. The Hall–Kier alpha value is -1.41. The minimum Gasteiger partial charge on any atom is -0.367 e. The SMILES string of the molecule is CCOC1(c2noc(C(C)CCC#N)n2)CCC(C)CC1. The molecule has 5 heteroatoms. The van der Waals surface area contributed by atoms with E-state index in [1.165, 1.54) is 0 Å². The van der Waals surface area contributed by atoms with Gasteiger partial charge in [-0.05, 0) is 44.9 Å². The molecule has 2 rings (SSSR count). The number of ether oxygens (including phenoxy) is 1. The van der Waals surface area contributed by atoms with Gasteiger partial charge in [-0.25, -0.2) is 0 Å². The molecule has 1 aliphatic rings. The van der Waals surface area contributed by atoms with E-state index in [4.69, 9.17) is 14.5 Å². The highest BCUT2D eigenvalue weighted by molar-refractivity contribution is 5.05. The highest BCUT2D eigenvalue weighted by Gasteiger charge is 2.41. The first-order valence-electron chi connectivity index (χ1n) is 7.96. The monoisotopic (exact) mass is 291 g/mol. The second-order valence-electron chi connectivity index (χ2n) is 6.16. The third-order valence-electron chi connectivity index (χ3n) is 4.46. The molecule has 5 nitrogen and oxygen atoms in total. The Balaban J connectivity index is 2.15. The summed E-state index contributed by atoms with van der Waals surface area (Å²) in [6.07, 6.45) is 5.42. The summed E-state index contributed by atoms with van der Waals surface area (Å²) in [6, 6.07) is 2.16. The van der Waals surface area contributed by atoms with Gasteiger partial charge in [0.25, 0.3) is 0 Å². The van der Waals surface area contributed by atoms with Crippen LogP contribution in [0.25, 0.3) is 0 Å². The van der Waals surface area contributed by atoms with Gasteiger partial charge >= 0.3 is 0 Å². The van der Waals surface area contributed by atoms with Crippen LogP contribution in [0, 0.1) is 17.2 Å². The molecular formula is C16H25N3O2. The Kier molecular flexibility index (Phi) is 5.35. The molecule has 116 valence electrons. The number of nitrogens with zero attached hydrogens (tertiary/aromatic N) is 3. The topological polar surface area (TPSA) is 71.9 Å². The highest BCUT2D eigenvalue weighted by Crippen LogP contribution is 2.41. The predicted octanol–water partition coefficient (Wildman–Crippen LogP) is 3.92. The van der Waals surface area contributed by atoms with Crippen LogP contribution >= 0.6 is 0 Å². The fraction of sp³-hybridized carbons (Fsp3) is 0.812. The van der Waals surface area contributed by atoms with E-state index >= 15 is 0 Å². The van der Waals surface area contributed by atoms with Crippen molar-refractivity contribution in [1.29, 1.82) is 5.26 Å². The van der Waals surface area contributed by atoms with Crippen LogP contribution in [-0.4, -0.2) is 16.7 Å². The van der Waals surface area contributed by atoms with Gasteiger partial charge in [0.15, 0.2) is 0 Å². The number of aromatic nitrogens is 2. The van der Waals surface area contributed by atoms with E-state index in [1.54, 1.807) is 0 Å². The first-order chi connectivity index (χ1) is 10.1. The van der Waals surface area contributed by atoms with Crippen molar-refractivity contribution in [3.05, 3.63) is 11.7 Å². The second-order valence-corrected chi connectivity index (χ2v) is 6.16. The molecule has 1 unspecified atom stereocenters. The van der Waals surface area contributed by atoms with Crippen LogP contribution in [0.1, 0.15) is 76.9 Å². The van der Waals surface area contributed by atoms with Crippen LogP contribution < -0.4 is 0 Å². The van der Waals surface area contributed by atoms with E-state index < -0.39 is 0 Å². The van der Waals surface area contributed by atoms with Gasteiger partial charge in [-0.15, -0.1) is 0 Å². The molecule has 0 aromatic carbocycles. The van der Waals surface area contributed by atoms with Gasteiger partial charge in [0.2, 0.25) is 11.7 Å². The van der Waals surface area contributed by atoms with Crippen LogP contribution in [0.3, 0.4) is 0 Å². The second kappa shape index (κ2) is 7.04. The number of rotatable bonds is 6. The third-order valence-corrected chi connectivity index (χ3v) is 4.46. The summed E-state index contributed by atoms with van der Waals surface area (Å²) in [5.41, 5.74) is -0.377. The zero-order chi connectivity index (χ0) is 15.3. The quantitative estimate of drug-likeness (QED) is 0.794. The predicted molar refractivity (Wildman–Crippen MR) is 78.5 cm³/mol. The van der Waals surface area contributed by atoms with Crippen LogP contribution in [-0.2, 0) is 10.3 Å². The van der Waals surface area contributed by atoms with Gasteiger partial charge in [-0.3, -0.25) is 0 Å². The largest absolute Gasteiger partial charge is 0.367 e. The van der Waals surface area contributed by atoms with Crippen molar-refractivity contribution in [2.75, 3.05) is 6.61 Å². The van der Waals surface area contributed by atoms with Gasteiger partial charge in [0.05, 0.1) is 6.07 Å². The lowest BCUT2D eigenvalue weighted by molar-refractivity contribution is -0.0847. The van der Waals surface area contributed by atoms with Crippen molar-refractivity contribution in [3.8, 4) is 6.07 Å². The molecule has 1 aromatic heterocycles. The standard InChI is InChI=1S/C16H25N3O2/c1-4-20-16(9-7-12(2)8-10-16)15-18-14(21-19-15)13(3)6-5-11-17/h12-13H,4-10H2,1-3H3. The fourth-order valence-corrected chi connectivity index (χ4v) is 2.96. The lowest BCUT2D eigenvalue weighted by Crippen LogP contribution is -2.35. The molecule has 1 heterocycles. The van der Waals surface area contributed by atoms with Crippen molar-refractivity contribution < 1.29 is 9.26 Å². The molecule has 0 aliphatic heterocycles. The summed E-state index contributed by atoms with van der Waals surface area (Å²) < 4.78 is 11.5. The lowest BCUT2D eigenvalue weighted by atomic mass is 9.79. The third kappa shape index (κ3) is 3.62. The van der Waals surface area contributed by atoms with E-state index in [-0.39, 0.29) is 11.5 Å². The molecule has 0 N–H and O–H groups in total. The first-order valence-corrected chi connectivity index (χ1v) is 7.96. The molecule has 0 amide bonds. The maximum atomic E-state index is 8.67. The van der Waals surface area contributed by atoms with Gasteiger partial charge in [-0.1, -0.05) is 19.0 Å². The van der Waals surface area contributed by atoms with Crippen LogP contribution in [0.4, 0.5) is 0 Å². The van der Waals surface area contributed by atoms with Crippen molar-refractivity contribution >= 4 is 0 Å². The molecule has 1 atom stereocenters. The lowest BCUT2D eigenvalue weighted by Gasteiger charge is -2.36. The molecule has 0 radical (unpaired) electrons. The Labute approximate surface area is 126 Å². The molecular weight excluding hydrogens is 266 g/mol. The highest BCUT2D eigenvalue weighted by atomic mass is 16.5. The normalized spacial score (nSPS) is 27.2. The summed E-state index contributed by atoms with van der Waals surface area (Å²) >= 11 is 0. The average Bonchev–Trinajstić information content (AvgIpc) is 2.98. The summed E-state index contributed by atoms with van der Waals surface area (Å²) in [6.45, 7) is 6.96. The van der Waals surface area contributed by atoms with E-state index in [2.05, 4.69) is 23.1 Å². The Morgan fingerprint density at radius 2 is 2.19 bits per heavy atom. The Bertz CT molecular complexity index is 484. The van der Waals surface area contributed by atoms with Crippen molar-refractivity contribution in [1.82, 2.24) is 10.1 Å². The first kappa shape index (κ1) is 16.0. The smallest absolute Gasteiger partial charge is 0.229 e. The van der Waals surface area contributed by atoms with Crippen molar-refractivity contribution in [2.45, 2.75) is 70.8 Å². The van der Waals surface area contributed by atoms with E-state index in [1.807, 2.05) is 13.8 Å². The zero-order valence-electron chi connectivity index (χ0n) is 13.3. The van der Waals surface area contributed by atoms with Gasteiger partial charge in [0.1, 0.15) is 5.60 Å². The van der Waals surface area contributed by atoms with Gasteiger partial charge in [-0.2, -0.15) is 10.2 Å². The summed E-state index contributed by atoms with van der Waals surface area (Å²) in [5.74, 6) is 2.17. The average molecular weight is 291 g/mol.